The molecule has 0 aromatic carbocycles. The molecule has 0 aromatic rings. The van der Waals surface area contributed by atoms with Crippen LogP contribution in [0.25, 0.3) is 0 Å². The van der Waals surface area contributed by atoms with Gasteiger partial charge >= 0.3 is 5.97 Å². The normalized spacial score (nSPS) is 11.1. The van der Waals surface area contributed by atoms with Crippen molar-refractivity contribution in [3.63, 3.8) is 0 Å². The summed E-state index contributed by atoms with van der Waals surface area (Å²) in [6.07, 6.45) is 29.0. The molecular weight excluding hydrogens is 344 g/mol. The first-order chi connectivity index (χ1) is 13.8. The molecule has 0 spiro atoms. The summed E-state index contributed by atoms with van der Waals surface area (Å²) in [5.74, 6) is -0.00995. The van der Waals surface area contributed by atoms with Crippen molar-refractivity contribution in [1.82, 2.24) is 0 Å². The van der Waals surface area contributed by atoms with Crippen LogP contribution in [0.2, 0.25) is 0 Å². The van der Waals surface area contributed by atoms with E-state index in [2.05, 4.69) is 13.8 Å². The van der Waals surface area contributed by atoms with Gasteiger partial charge in [0.05, 0.1) is 6.61 Å². The Morgan fingerprint density at radius 1 is 0.464 bits per heavy atom. The maximum atomic E-state index is 11.4. The standard InChI is InChI=1S/C26H52O2/c1-3-5-7-8-9-10-11-12-13-14-15-16-17-18-19-20-21-22-23-25-28-26(27)24-6-4-2/h3-25H2,1-2H3. The second-order valence-corrected chi connectivity index (χ2v) is 8.69. The van der Waals surface area contributed by atoms with Gasteiger partial charge in [-0.15, -0.1) is 0 Å². The lowest BCUT2D eigenvalue weighted by Crippen LogP contribution is -2.05. The maximum Gasteiger partial charge on any atom is 0.305 e. The molecule has 2 nitrogen and oxygen atoms in total. The zero-order chi connectivity index (χ0) is 20.5. The van der Waals surface area contributed by atoms with E-state index in [1.807, 2.05) is 0 Å². The third-order valence-corrected chi connectivity index (χ3v) is 5.75. The predicted octanol–water partition coefficient (Wildman–Crippen LogP) is 9.15. The van der Waals surface area contributed by atoms with Crippen LogP contribution in [0.4, 0.5) is 0 Å². The molecule has 28 heavy (non-hydrogen) atoms. The molecule has 0 aliphatic carbocycles. The summed E-state index contributed by atoms with van der Waals surface area (Å²) in [5, 5.41) is 0. The average Bonchev–Trinajstić information content (AvgIpc) is 2.70. The van der Waals surface area contributed by atoms with E-state index in [0.29, 0.717) is 13.0 Å². The lowest BCUT2D eigenvalue weighted by Gasteiger charge is -2.05. The molecule has 0 heterocycles. The molecule has 0 bridgehead atoms. The van der Waals surface area contributed by atoms with Gasteiger partial charge in [-0.25, -0.2) is 0 Å². The SMILES string of the molecule is CCCCCCCCCCCCCCCCCCCCCOC(=O)CCCC. The molecule has 2 heteroatoms. The Bertz CT molecular complexity index is 301. The zero-order valence-corrected chi connectivity index (χ0v) is 19.6. The summed E-state index contributed by atoms with van der Waals surface area (Å²) in [6.45, 7) is 5.02. The van der Waals surface area contributed by atoms with Gasteiger partial charge in [-0.05, 0) is 12.8 Å². The fourth-order valence-corrected chi connectivity index (χ4v) is 3.76. The lowest BCUT2D eigenvalue weighted by atomic mass is 10.0. The van der Waals surface area contributed by atoms with Crippen LogP contribution in [0.1, 0.15) is 155 Å². The second kappa shape index (κ2) is 24.5. The van der Waals surface area contributed by atoms with E-state index in [1.165, 1.54) is 116 Å². The first-order valence-electron chi connectivity index (χ1n) is 13.0. The van der Waals surface area contributed by atoms with Crippen LogP contribution >= 0.6 is 0 Å². The largest absolute Gasteiger partial charge is 0.466 e. The fourth-order valence-electron chi connectivity index (χ4n) is 3.76. The third-order valence-electron chi connectivity index (χ3n) is 5.75. The molecule has 0 aliphatic rings. The predicted molar refractivity (Wildman–Crippen MR) is 124 cm³/mol. The summed E-state index contributed by atoms with van der Waals surface area (Å²) < 4.78 is 5.24. The van der Waals surface area contributed by atoms with Gasteiger partial charge in [0.1, 0.15) is 0 Å². The summed E-state index contributed by atoms with van der Waals surface area (Å²) >= 11 is 0. The van der Waals surface area contributed by atoms with Gasteiger partial charge in [0.25, 0.3) is 0 Å². The lowest BCUT2D eigenvalue weighted by molar-refractivity contribution is -0.143. The maximum absolute atomic E-state index is 11.4. The van der Waals surface area contributed by atoms with Crippen molar-refractivity contribution >= 4 is 5.97 Å². The van der Waals surface area contributed by atoms with Crippen LogP contribution in [0.15, 0.2) is 0 Å². The molecule has 0 rings (SSSR count). The molecule has 0 aliphatic heterocycles. The van der Waals surface area contributed by atoms with Gasteiger partial charge in [0.2, 0.25) is 0 Å². The molecule has 0 unspecified atom stereocenters. The van der Waals surface area contributed by atoms with E-state index in [4.69, 9.17) is 4.74 Å². The Balaban J connectivity index is 3.04. The van der Waals surface area contributed by atoms with Crippen molar-refractivity contribution in [1.29, 1.82) is 0 Å². The smallest absolute Gasteiger partial charge is 0.305 e. The van der Waals surface area contributed by atoms with Crippen LogP contribution in [-0.2, 0) is 9.53 Å². The van der Waals surface area contributed by atoms with Gasteiger partial charge in [0, 0.05) is 6.42 Å². The van der Waals surface area contributed by atoms with Crippen molar-refractivity contribution in [3.05, 3.63) is 0 Å². The highest BCUT2D eigenvalue weighted by atomic mass is 16.5. The van der Waals surface area contributed by atoms with Crippen molar-refractivity contribution in [2.75, 3.05) is 6.61 Å². The Morgan fingerprint density at radius 2 is 0.786 bits per heavy atom. The van der Waals surface area contributed by atoms with Crippen LogP contribution < -0.4 is 0 Å². The van der Waals surface area contributed by atoms with Gasteiger partial charge < -0.3 is 4.74 Å². The van der Waals surface area contributed by atoms with Crippen LogP contribution in [-0.4, -0.2) is 12.6 Å². The quantitative estimate of drug-likeness (QED) is 0.127. The van der Waals surface area contributed by atoms with Gasteiger partial charge in [0.15, 0.2) is 0 Å². The molecule has 0 radical (unpaired) electrons. The summed E-state index contributed by atoms with van der Waals surface area (Å²) in [4.78, 5) is 11.4. The van der Waals surface area contributed by atoms with Gasteiger partial charge in [-0.2, -0.15) is 0 Å². The molecule has 0 saturated carbocycles. The molecule has 0 fully saturated rings. The van der Waals surface area contributed by atoms with Crippen LogP contribution in [0.3, 0.4) is 0 Å². The summed E-state index contributed by atoms with van der Waals surface area (Å²) in [5.41, 5.74) is 0. The molecule has 0 amide bonds. The number of esters is 1. The molecule has 0 aromatic heterocycles. The zero-order valence-electron chi connectivity index (χ0n) is 19.6. The minimum atomic E-state index is -0.00995. The Kier molecular flexibility index (Phi) is 24.0. The molecule has 0 saturated heterocycles. The highest BCUT2D eigenvalue weighted by Gasteiger charge is 2.01. The number of carbonyl (C=O) groups is 1. The van der Waals surface area contributed by atoms with E-state index >= 15 is 0 Å². The minimum Gasteiger partial charge on any atom is -0.466 e. The molecule has 168 valence electrons. The number of ether oxygens (including phenoxy) is 1. The summed E-state index contributed by atoms with van der Waals surface area (Å²) in [6, 6.07) is 0. The van der Waals surface area contributed by atoms with Crippen molar-refractivity contribution in [2.24, 2.45) is 0 Å². The topological polar surface area (TPSA) is 26.3 Å². The van der Waals surface area contributed by atoms with Gasteiger partial charge in [-0.1, -0.05) is 136 Å². The van der Waals surface area contributed by atoms with Crippen molar-refractivity contribution in [2.45, 2.75) is 155 Å². The number of hydrogen-bond acceptors (Lipinski definition) is 2. The van der Waals surface area contributed by atoms with E-state index in [0.717, 1.165) is 19.3 Å². The van der Waals surface area contributed by atoms with Crippen molar-refractivity contribution in [3.8, 4) is 0 Å². The Morgan fingerprint density at radius 3 is 1.14 bits per heavy atom. The number of hydrogen-bond donors (Lipinski definition) is 0. The first-order valence-corrected chi connectivity index (χ1v) is 13.0. The van der Waals surface area contributed by atoms with Gasteiger partial charge in [-0.3, -0.25) is 4.79 Å². The average molecular weight is 397 g/mol. The van der Waals surface area contributed by atoms with E-state index in [-0.39, 0.29) is 5.97 Å². The fraction of sp³-hybridized carbons (Fsp3) is 0.962. The second-order valence-electron chi connectivity index (χ2n) is 8.69. The monoisotopic (exact) mass is 396 g/mol. The van der Waals surface area contributed by atoms with Crippen LogP contribution in [0.5, 0.6) is 0 Å². The number of carbonyl (C=O) groups excluding carboxylic acids is 1. The van der Waals surface area contributed by atoms with Crippen molar-refractivity contribution < 1.29 is 9.53 Å². The minimum absolute atomic E-state index is 0.00995. The molecular formula is C26H52O2. The third kappa shape index (κ3) is 23.5. The van der Waals surface area contributed by atoms with E-state index < -0.39 is 0 Å². The molecule has 0 atom stereocenters. The Labute approximate surface area is 177 Å². The highest BCUT2D eigenvalue weighted by molar-refractivity contribution is 5.69. The first kappa shape index (κ1) is 27.5. The van der Waals surface area contributed by atoms with Crippen LogP contribution in [0, 0.1) is 0 Å². The number of unbranched alkanes of at least 4 members (excludes halogenated alkanes) is 19. The number of rotatable bonds is 23. The summed E-state index contributed by atoms with van der Waals surface area (Å²) in [7, 11) is 0. The molecule has 0 N–H and O–H groups in total. The Hall–Kier alpha value is -0.530. The van der Waals surface area contributed by atoms with E-state index in [9.17, 15) is 4.79 Å². The highest BCUT2D eigenvalue weighted by Crippen LogP contribution is 2.14. The van der Waals surface area contributed by atoms with E-state index in [1.54, 1.807) is 0 Å².